The fourth-order valence-electron chi connectivity index (χ4n) is 6.08. The van der Waals surface area contributed by atoms with Crippen molar-refractivity contribution in [3.8, 4) is 12.1 Å². The Balaban J connectivity index is 1.28. The van der Waals surface area contributed by atoms with Gasteiger partial charge in [-0.25, -0.2) is 4.79 Å². The molecule has 35 heavy (non-hydrogen) atoms. The van der Waals surface area contributed by atoms with Crippen LogP contribution in [0.3, 0.4) is 0 Å². The zero-order valence-electron chi connectivity index (χ0n) is 19.9. The molecule has 3 fully saturated rings. The number of nitrogens with zero attached hydrogens (tertiary/aromatic N) is 4. The topological polar surface area (TPSA) is 103 Å². The highest BCUT2D eigenvalue weighted by molar-refractivity contribution is 5.89. The fourth-order valence-corrected chi connectivity index (χ4v) is 6.08. The first-order chi connectivity index (χ1) is 17.0. The predicted octanol–water partition coefficient (Wildman–Crippen LogP) is 3.84. The standard InChI is InChI=1S/C28H31N5O2/c29-17-20-4-6-24(7-5-20)31-27(35)33(13-12-32-11-9-26(34)19-32)25-8-10-28(16-23(28)15-25)22-3-1-2-21(14-22)18-30/h1-7,14,23,25-26,34H,8-13,15-16,19H2,(H,31,35)/t23?,25-,26-,28-/m1/s1. The molecule has 0 radical (unpaired) electrons. The van der Waals surface area contributed by atoms with Crippen LogP contribution in [0.2, 0.25) is 0 Å². The first kappa shape index (κ1) is 23.4. The molecule has 7 heteroatoms. The Morgan fingerprint density at radius 3 is 2.63 bits per heavy atom. The number of fused-ring (bicyclic) bond motifs is 1. The number of urea groups is 1. The number of rotatable bonds is 6. The first-order valence-corrected chi connectivity index (χ1v) is 12.5. The van der Waals surface area contributed by atoms with Gasteiger partial charge >= 0.3 is 6.03 Å². The normalized spacial score (nSPS) is 27.3. The van der Waals surface area contributed by atoms with Crippen LogP contribution in [0.15, 0.2) is 48.5 Å². The summed E-state index contributed by atoms with van der Waals surface area (Å²) in [6.07, 6.45) is 4.52. The van der Waals surface area contributed by atoms with Gasteiger partial charge in [-0.05, 0) is 85.4 Å². The molecule has 0 spiro atoms. The highest BCUT2D eigenvalue weighted by atomic mass is 16.3. The van der Waals surface area contributed by atoms with E-state index in [2.05, 4.69) is 28.4 Å². The largest absolute Gasteiger partial charge is 0.392 e. The Morgan fingerprint density at radius 1 is 1.14 bits per heavy atom. The maximum atomic E-state index is 13.4. The van der Waals surface area contributed by atoms with Crippen molar-refractivity contribution < 1.29 is 9.90 Å². The van der Waals surface area contributed by atoms with Crippen molar-refractivity contribution in [1.82, 2.24) is 9.80 Å². The lowest BCUT2D eigenvalue weighted by molar-refractivity contribution is 0.142. The molecule has 1 saturated heterocycles. The van der Waals surface area contributed by atoms with Gasteiger partial charge in [0.1, 0.15) is 0 Å². The molecule has 2 aliphatic carbocycles. The van der Waals surface area contributed by atoms with Gasteiger partial charge in [0.15, 0.2) is 0 Å². The predicted molar refractivity (Wildman–Crippen MR) is 133 cm³/mol. The highest BCUT2D eigenvalue weighted by Crippen LogP contribution is 2.62. The minimum absolute atomic E-state index is 0.112. The van der Waals surface area contributed by atoms with Crippen LogP contribution in [0.1, 0.15) is 48.8 Å². The van der Waals surface area contributed by atoms with Crippen molar-refractivity contribution in [1.29, 1.82) is 10.5 Å². The molecule has 1 aliphatic heterocycles. The number of anilines is 1. The van der Waals surface area contributed by atoms with Crippen LogP contribution in [0.25, 0.3) is 0 Å². The molecule has 2 amide bonds. The molecule has 7 nitrogen and oxygen atoms in total. The van der Waals surface area contributed by atoms with E-state index in [1.54, 1.807) is 24.3 Å². The molecule has 5 rings (SSSR count). The van der Waals surface area contributed by atoms with Crippen LogP contribution in [0.4, 0.5) is 10.5 Å². The molecule has 1 heterocycles. The van der Waals surface area contributed by atoms with Gasteiger partial charge in [-0.1, -0.05) is 12.1 Å². The number of carbonyl (C=O) groups is 1. The van der Waals surface area contributed by atoms with E-state index in [0.717, 1.165) is 45.2 Å². The summed E-state index contributed by atoms with van der Waals surface area (Å²) in [6, 6.07) is 19.4. The average Bonchev–Trinajstić information content (AvgIpc) is 3.49. The third kappa shape index (κ3) is 4.89. The maximum absolute atomic E-state index is 13.4. The number of aliphatic hydroxyl groups excluding tert-OH is 1. The van der Waals surface area contributed by atoms with Gasteiger partial charge in [-0.15, -0.1) is 0 Å². The summed E-state index contributed by atoms with van der Waals surface area (Å²) in [6.45, 7) is 2.88. The number of benzene rings is 2. The van der Waals surface area contributed by atoms with Gasteiger partial charge in [-0.3, -0.25) is 4.90 Å². The van der Waals surface area contributed by atoms with Gasteiger partial charge in [0, 0.05) is 37.9 Å². The first-order valence-electron chi connectivity index (χ1n) is 12.5. The Kier molecular flexibility index (Phi) is 6.47. The van der Waals surface area contributed by atoms with Crippen LogP contribution >= 0.6 is 0 Å². The molecular formula is C28H31N5O2. The number of nitrogens with one attached hydrogen (secondary N) is 1. The lowest BCUT2D eigenvalue weighted by Crippen LogP contribution is -2.48. The van der Waals surface area contributed by atoms with Gasteiger partial charge < -0.3 is 15.3 Å². The lowest BCUT2D eigenvalue weighted by Gasteiger charge is -2.37. The summed E-state index contributed by atoms with van der Waals surface area (Å²) in [4.78, 5) is 17.6. The van der Waals surface area contributed by atoms with Crippen LogP contribution in [-0.2, 0) is 5.41 Å². The van der Waals surface area contributed by atoms with Crippen molar-refractivity contribution >= 4 is 11.7 Å². The molecule has 2 N–H and O–H groups in total. The van der Waals surface area contributed by atoms with E-state index in [9.17, 15) is 15.2 Å². The summed E-state index contributed by atoms with van der Waals surface area (Å²) >= 11 is 0. The van der Waals surface area contributed by atoms with Crippen LogP contribution in [0, 0.1) is 28.6 Å². The van der Waals surface area contributed by atoms with Gasteiger partial charge in [0.25, 0.3) is 0 Å². The number of nitriles is 2. The fraction of sp³-hybridized carbons (Fsp3) is 0.464. The summed E-state index contributed by atoms with van der Waals surface area (Å²) in [5.74, 6) is 0.522. The number of carbonyl (C=O) groups excluding carboxylic acids is 1. The van der Waals surface area contributed by atoms with E-state index in [-0.39, 0.29) is 23.6 Å². The maximum Gasteiger partial charge on any atom is 0.322 e. The number of amides is 2. The van der Waals surface area contributed by atoms with Gasteiger partial charge in [0.05, 0.1) is 29.4 Å². The Morgan fingerprint density at radius 2 is 1.94 bits per heavy atom. The van der Waals surface area contributed by atoms with Crippen molar-refractivity contribution in [3.05, 3.63) is 65.2 Å². The number of β-amino-alcohol motifs (C(OH)–C–C–N with tert-alkyl or cyclic N) is 1. The van der Waals surface area contributed by atoms with Crippen LogP contribution in [-0.4, -0.2) is 59.3 Å². The molecule has 180 valence electrons. The molecule has 2 saturated carbocycles. The molecule has 3 aliphatic rings. The third-order valence-corrected chi connectivity index (χ3v) is 8.15. The number of hydrogen-bond acceptors (Lipinski definition) is 5. The lowest BCUT2D eigenvalue weighted by atomic mass is 9.80. The quantitative estimate of drug-likeness (QED) is 0.669. The van der Waals surface area contributed by atoms with Crippen LogP contribution in [0.5, 0.6) is 0 Å². The minimum Gasteiger partial charge on any atom is -0.392 e. The van der Waals surface area contributed by atoms with Crippen LogP contribution < -0.4 is 5.32 Å². The zero-order chi connectivity index (χ0) is 24.4. The van der Waals surface area contributed by atoms with E-state index in [0.29, 0.717) is 35.8 Å². The highest BCUT2D eigenvalue weighted by Gasteiger charge is 2.58. The Labute approximate surface area is 206 Å². The zero-order valence-corrected chi connectivity index (χ0v) is 19.9. The van der Waals surface area contributed by atoms with Gasteiger partial charge in [-0.2, -0.15) is 10.5 Å². The van der Waals surface area contributed by atoms with E-state index in [1.165, 1.54) is 5.56 Å². The second-order valence-electron chi connectivity index (χ2n) is 10.2. The van der Waals surface area contributed by atoms with Crippen molar-refractivity contribution in [2.45, 2.75) is 49.7 Å². The number of likely N-dealkylation sites (tertiary alicyclic amines) is 1. The molecule has 1 unspecified atom stereocenters. The summed E-state index contributed by atoms with van der Waals surface area (Å²) in [5, 5.41) is 31.3. The minimum atomic E-state index is -0.276. The monoisotopic (exact) mass is 469 g/mol. The number of hydrogen-bond donors (Lipinski definition) is 2. The smallest absolute Gasteiger partial charge is 0.322 e. The van der Waals surface area contributed by atoms with Crippen molar-refractivity contribution in [2.75, 3.05) is 31.5 Å². The molecular weight excluding hydrogens is 438 g/mol. The average molecular weight is 470 g/mol. The molecule has 0 aromatic heterocycles. The molecule has 2 aromatic carbocycles. The molecule has 2 aromatic rings. The van der Waals surface area contributed by atoms with E-state index in [4.69, 9.17) is 5.26 Å². The van der Waals surface area contributed by atoms with Crippen molar-refractivity contribution in [3.63, 3.8) is 0 Å². The van der Waals surface area contributed by atoms with E-state index < -0.39 is 0 Å². The second-order valence-corrected chi connectivity index (χ2v) is 10.2. The van der Waals surface area contributed by atoms with Crippen molar-refractivity contribution in [2.24, 2.45) is 5.92 Å². The van der Waals surface area contributed by atoms with E-state index in [1.807, 2.05) is 23.1 Å². The number of aliphatic hydroxyl groups is 1. The third-order valence-electron chi connectivity index (χ3n) is 8.15. The molecule has 4 atom stereocenters. The SMILES string of the molecule is N#Cc1ccc(NC(=O)N(CCN2CC[C@@H](O)C2)[C@@H]2CC[C@]3(c4cccc(C#N)c4)CC3C2)cc1. The van der Waals surface area contributed by atoms with Gasteiger partial charge in [0.2, 0.25) is 0 Å². The summed E-state index contributed by atoms with van der Waals surface area (Å²) in [7, 11) is 0. The summed E-state index contributed by atoms with van der Waals surface area (Å²) < 4.78 is 0. The Bertz CT molecular complexity index is 1170. The second kappa shape index (κ2) is 9.70. The van der Waals surface area contributed by atoms with E-state index >= 15 is 0 Å². The summed E-state index contributed by atoms with van der Waals surface area (Å²) in [5.41, 5.74) is 3.36. The Hall–Kier alpha value is -3.39. The molecule has 0 bridgehead atoms.